The molecule has 0 radical (unpaired) electrons. The Hall–Kier alpha value is -2.63. The lowest BCUT2D eigenvalue weighted by atomic mass is 10.1. The molecule has 2 aromatic rings. The van der Waals surface area contributed by atoms with E-state index in [1.165, 1.54) is 11.3 Å². The number of hydrogen-bond acceptors (Lipinski definition) is 5. The van der Waals surface area contributed by atoms with Gasteiger partial charge in [-0.1, -0.05) is 12.1 Å². The molecule has 0 bridgehead atoms. The minimum atomic E-state index is 0.162. The second-order valence-corrected chi connectivity index (χ2v) is 7.00. The van der Waals surface area contributed by atoms with Crippen LogP contribution in [0.15, 0.2) is 30.6 Å². The summed E-state index contributed by atoms with van der Waals surface area (Å²) in [6, 6.07) is 7.96. The number of likely N-dealkylation sites (tertiary alicyclic amines) is 1. The summed E-state index contributed by atoms with van der Waals surface area (Å²) < 4.78 is 5.23. The van der Waals surface area contributed by atoms with Gasteiger partial charge < -0.3 is 15.0 Å². The standard InChI is InChI=1S/C20H24N4O2/c1-26-16-5-2-4-14(10-16)11-19(25)24-9-8-15(12-24)23-20-17-6-3-7-18(17)21-13-22-20/h2,4-5,10,13,15H,3,6-9,11-12H2,1H3,(H,21,22,23)/t15-/m0/s1. The molecule has 26 heavy (non-hydrogen) atoms. The molecular formula is C20H24N4O2. The Morgan fingerprint density at radius 1 is 1.35 bits per heavy atom. The molecular weight excluding hydrogens is 328 g/mol. The molecule has 1 atom stereocenters. The molecule has 2 aliphatic rings. The van der Waals surface area contributed by atoms with Crippen molar-refractivity contribution in [1.82, 2.24) is 14.9 Å². The average Bonchev–Trinajstić information content (AvgIpc) is 3.32. The van der Waals surface area contributed by atoms with Gasteiger partial charge >= 0.3 is 0 Å². The molecule has 1 fully saturated rings. The first-order valence-corrected chi connectivity index (χ1v) is 9.23. The first-order valence-electron chi connectivity index (χ1n) is 9.23. The van der Waals surface area contributed by atoms with Crippen molar-refractivity contribution in [2.24, 2.45) is 0 Å². The number of aromatic nitrogens is 2. The quantitative estimate of drug-likeness (QED) is 0.894. The summed E-state index contributed by atoms with van der Waals surface area (Å²) >= 11 is 0. The van der Waals surface area contributed by atoms with Crippen LogP contribution >= 0.6 is 0 Å². The van der Waals surface area contributed by atoms with Crippen LogP contribution in [0.5, 0.6) is 5.75 Å². The maximum atomic E-state index is 12.6. The Balaban J connectivity index is 1.36. The summed E-state index contributed by atoms with van der Waals surface area (Å²) in [7, 11) is 1.64. The van der Waals surface area contributed by atoms with E-state index < -0.39 is 0 Å². The fourth-order valence-corrected chi connectivity index (χ4v) is 3.85. The van der Waals surface area contributed by atoms with Crippen LogP contribution in [0.2, 0.25) is 0 Å². The van der Waals surface area contributed by atoms with Gasteiger partial charge in [0, 0.05) is 30.4 Å². The average molecular weight is 352 g/mol. The molecule has 1 saturated heterocycles. The number of benzene rings is 1. The summed E-state index contributed by atoms with van der Waals surface area (Å²) in [4.78, 5) is 23.4. The maximum Gasteiger partial charge on any atom is 0.227 e. The molecule has 1 N–H and O–H groups in total. The fourth-order valence-electron chi connectivity index (χ4n) is 3.85. The van der Waals surface area contributed by atoms with Crippen molar-refractivity contribution in [3.63, 3.8) is 0 Å². The summed E-state index contributed by atoms with van der Waals surface area (Å²) in [6.45, 7) is 1.51. The number of amides is 1. The van der Waals surface area contributed by atoms with Gasteiger partial charge in [-0.15, -0.1) is 0 Å². The lowest BCUT2D eigenvalue weighted by molar-refractivity contribution is -0.129. The Labute approximate surface area is 153 Å². The van der Waals surface area contributed by atoms with Gasteiger partial charge in [0.05, 0.1) is 13.5 Å². The van der Waals surface area contributed by atoms with Gasteiger partial charge in [-0.25, -0.2) is 9.97 Å². The van der Waals surface area contributed by atoms with Gasteiger partial charge in [0.25, 0.3) is 0 Å². The summed E-state index contributed by atoms with van der Waals surface area (Å²) in [5.74, 6) is 1.91. The van der Waals surface area contributed by atoms with E-state index >= 15 is 0 Å². The molecule has 1 aliphatic carbocycles. The van der Waals surface area contributed by atoms with Crippen LogP contribution in [-0.4, -0.2) is 47.0 Å². The predicted octanol–water partition coefficient (Wildman–Crippen LogP) is 2.23. The second-order valence-electron chi connectivity index (χ2n) is 7.00. The second kappa shape index (κ2) is 7.32. The Morgan fingerprint density at radius 3 is 3.15 bits per heavy atom. The van der Waals surface area contributed by atoms with Crippen LogP contribution in [0.25, 0.3) is 0 Å². The number of nitrogens with zero attached hydrogens (tertiary/aromatic N) is 3. The first kappa shape index (κ1) is 16.8. The van der Waals surface area contributed by atoms with Gasteiger partial charge in [0.2, 0.25) is 5.91 Å². The zero-order valence-electron chi connectivity index (χ0n) is 15.1. The minimum absolute atomic E-state index is 0.162. The number of nitrogens with one attached hydrogen (secondary N) is 1. The van der Waals surface area contributed by atoms with Gasteiger partial charge in [-0.2, -0.15) is 0 Å². The summed E-state index contributed by atoms with van der Waals surface area (Å²) in [6.07, 6.45) is 6.24. The molecule has 1 aromatic heterocycles. The highest BCUT2D eigenvalue weighted by molar-refractivity contribution is 5.79. The molecule has 0 saturated carbocycles. The molecule has 2 heterocycles. The predicted molar refractivity (Wildman–Crippen MR) is 99.4 cm³/mol. The third kappa shape index (κ3) is 3.49. The van der Waals surface area contributed by atoms with E-state index in [1.54, 1.807) is 13.4 Å². The SMILES string of the molecule is COc1cccc(CC(=O)N2CC[C@H](Nc3ncnc4c3CCC4)C2)c1. The van der Waals surface area contributed by atoms with Crippen LogP contribution in [-0.2, 0) is 24.1 Å². The van der Waals surface area contributed by atoms with Crippen LogP contribution in [0, 0.1) is 0 Å². The number of methoxy groups -OCH3 is 1. The number of aryl methyl sites for hydroxylation is 1. The van der Waals surface area contributed by atoms with Crippen molar-refractivity contribution >= 4 is 11.7 Å². The monoisotopic (exact) mass is 352 g/mol. The van der Waals surface area contributed by atoms with E-state index in [1.807, 2.05) is 29.2 Å². The summed E-state index contributed by atoms with van der Waals surface area (Å²) in [5.41, 5.74) is 3.42. The fraction of sp³-hybridized carbons (Fsp3) is 0.450. The third-order valence-corrected chi connectivity index (χ3v) is 5.25. The zero-order valence-corrected chi connectivity index (χ0v) is 15.1. The highest BCUT2D eigenvalue weighted by atomic mass is 16.5. The largest absolute Gasteiger partial charge is 0.497 e. The number of carbonyl (C=O) groups excluding carboxylic acids is 1. The molecule has 1 aliphatic heterocycles. The highest BCUT2D eigenvalue weighted by Gasteiger charge is 2.28. The Morgan fingerprint density at radius 2 is 2.27 bits per heavy atom. The molecule has 0 spiro atoms. The van der Waals surface area contributed by atoms with Crippen molar-refractivity contribution in [3.05, 3.63) is 47.4 Å². The molecule has 0 unspecified atom stereocenters. The number of ether oxygens (including phenoxy) is 1. The van der Waals surface area contributed by atoms with Crippen molar-refractivity contribution in [2.45, 2.75) is 38.1 Å². The Bertz CT molecular complexity index is 808. The van der Waals surface area contributed by atoms with Crippen LogP contribution in [0.3, 0.4) is 0 Å². The Kier molecular flexibility index (Phi) is 4.73. The maximum absolute atomic E-state index is 12.6. The van der Waals surface area contributed by atoms with Crippen LogP contribution in [0.1, 0.15) is 29.7 Å². The van der Waals surface area contributed by atoms with E-state index in [0.717, 1.165) is 55.9 Å². The van der Waals surface area contributed by atoms with E-state index in [0.29, 0.717) is 6.42 Å². The van der Waals surface area contributed by atoms with Crippen LogP contribution in [0.4, 0.5) is 5.82 Å². The minimum Gasteiger partial charge on any atom is -0.497 e. The lowest BCUT2D eigenvalue weighted by Crippen LogP contribution is -2.33. The smallest absolute Gasteiger partial charge is 0.227 e. The molecule has 1 aromatic carbocycles. The van der Waals surface area contributed by atoms with Gasteiger partial charge in [0.15, 0.2) is 0 Å². The number of hydrogen-bond donors (Lipinski definition) is 1. The van der Waals surface area contributed by atoms with Gasteiger partial charge in [-0.3, -0.25) is 4.79 Å². The van der Waals surface area contributed by atoms with Crippen molar-refractivity contribution in [1.29, 1.82) is 0 Å². The number of anilines is 1. The first-order chi connectivity index (χ1) is 12.7. The number of carbonyl (C=O) groups is 1. The van der Waals surface area contributed by atoms with E-state index in [4.69, 9.17) is 4.74 Å². The zero-order chi connectivity index (χ0) is 17.9. The molecule has 4 rings (SSSR count). The highest BCUT2D eigenvalue weighted by Crippen LogP contribution is 2.26. The molecule has 6 heteroatoms. The number of rotatable bonds is 5. The van der Waals surface area contributed by atoms with E-state index in [9.17, 15) is 4.79 Å². The topological polar surface area (TPSA) is 67.3 Å². The molecule has 1 amide bonds. The van der Waals surface area contributed by atoms with Crippen molar-refractivity contribution in [2.75, 3.05) is 25.5 Å². The summed E-state index contributed by atoms with van der Waals surface area (Å²) in [5, 5.41) is 3.54. The van der Waals surface area contributed by atoms with Crippen molar-refractivity contribution in [3.8, 4) is 5.75 Å². The number of fused-ring (bicyclic) bond motifs is 1. The molecule has 6 nitrogen and oxygen atoms in total. The normalized spacial score (nSPS) is 18.7. The third-order valence-electron chi connectivity index (χ3n) is 5.25. The lowest BCUT2D eigenvalue weighted by Gasteiger charge is -2.18. The molecule has 136 valence electrons. The van der Waals surface area contributed by atoms with Gasteiger partial charge in [0.1, 0.15) is 17.9 Å². The van der Waals surface area contributed by atoms with E-state index in [-0.39, 0.29) is 11.9 Å². The van der Waals surface area contributed by atoms with Crippen LogP contribution < -0.4 is 10.1 Å². The van der Waals surface area contributed by atoms with E-state index in [2.05, 4.69) is 15.3 Å². The van der Waals surface area contributed by atoms with Crippen molar-refractivity contribution < 1.29 is 9.53 Å². The van der Waals surface area contributed by atoms with Gasteiger partial charge in [-0.05, 0) is 43.4 Å².